The fourth-order valence-corrected chi connectivity index (χ4v) is 3.38. The van der Waals surface area contributed by atoms with Gasteiger partial charge >= 0.3 is 0 Å². The quantitative estimate of drug-likeness (QED) is 0.250. The van der Waals surface area contributed by atoms with E-state index in [1.165, 1.54) is 6.07 Å². The second-order valence-electron chi connectivity index (χ2n) is 5.97. The van der Waals surface area contributed by atoms with Gasteiger partial charge in [0, 0.05) is 37.3 Å². The van der Waals surface area contributed by atoms with Gasteiger partial charge in [-0.1, -0.05) is 17.7 Å². The van der Waals surface area contributed by atoms with Crippen molar-refractivity contribution >= 4 is 41.5 Å². The Balaban J connectivity index is 0.00000338. The van der Waals surface area contributed by atoms with Crippen LogP contribution < -0.4 is 10.6 Å². The normalized spacial score (nSPS) is 16.2. The van der Waals surface area contributed by atoms with Crippen molar-refractivity contribution in [3.63, 3.8) is 0 Å². The largest absolute Gasteiger partial charge is 0.380 e. The molecular formula is C18H29ClFIN4O. The Hall–Kier alpha value is -0.640. The first-order chi connectivity index (χ1) is 12.2. The van der Waals surface area contributed by atoms with Crippen molar-refractivity contribution in [1.29, 1.82) is 0 Å². The molecule has 1 aromatic rings. The van der Waals surface area contributed by atoms with Crippen molar-refractivity contribution in [3.8, 4) is 0 Å². The second kappa shape index (κ2) is 12.7. The maximum absolute atomic E-state index is 14.4. The molecule has 1 heterocycles. The highest BCUT2D eigenvalue weighted by atomic mass is 127. The van der Waals surface area contributed by atoms with Crippen LogP contribution in [-0.2, 0) is 4.74 Å². The van der Waals surface area contributed by atoms with Gasteiger partial charge in [-0.2, -0.15) is 0 Å². The lowest BCUT2D eigenvalue weighted by Gasteiger charge is -2.29. The van der Waals surface area contributed by atoms with Crippen LogP contribution in [0.3, 0.4) is 0 Å². The fourth-order valence-electron chi connectivity index (χ4n) is 3.10. The van der Waals surface area contributed by atoms with Crippen molar-refractivity contribution in [2.24, 2.45) is 4.99 Å². The van der Waals surface area contributed by atoms with E-state index in [9.17, 15) is 4.39 Å². The third kappa shape index (κ3) is 6.83. The summed E-state index contributed by atoms with van der Waals surface area (Å²) in [4.78, 5) is 6.50. The first-order valence-electron chi connectivity index (χ1n) is 8.87. The molecule has 148 valence electrons. The van der Waals surface area contributed by atoms with Crippen molar-refractivity contribution in [3.05, 3.63) is 34.6 Å². The van der Waals surface area contributed by atoms with E-state index in [0.717, 1.165) is 25.9 Å². The lowest BCUT2D eigenvalue weighted by molar-refractivity contribution is 0.152. The summed E-state index contributed by atoms with van der Waals surface area (Å²) in [6.45, 7) is 6.38. The Kier molecular flexibility index (Phi) is 11.4. The summed E-state index contributed by atoms with van der Waals surface area (Å²) in [7, 11) is 1.72. The van der Waals surface area contributed by atoms with Gasteiger partial charge in [0.05, 0.1) is 12.6 Å². The number of ether oxygens (including phenoxy) is 1. The summed E-state index contributed by atoms with van der Waals surface area (Å²) < 4.78 is 19.8. The van der Waals surface area contributed by atoms with E-state index in [1.54, 1.807) is 19.2 Å². The lowest BCUT2D eigenvalue weighted by Crippen LogP contribution is -2.43. The molecule has 0 amide bonds. The van der Waals surface area contributed by atoms with E-state index < -0.39 is 0 Å². The standard InChI is InChI=1S/C18H28ClFN4O.HI/c1-3-25-12-9-22-18(21-2)23-13-16(24-10-4-5-11-24)17-14(19)7-6-8-15(17)20;/h6-8,16H,3-5,9-13H2,1-2H3,(H2,21,22,23);1H. The number of aliphatic imine (C=N–C) groups is 1. The van der Waals surface area contributed by atoms with Gasteiger partial charge in [-0.15, -0.1) is 24.0 Å². The van der Waals surface area contributed by atoms with Gasteiger partial charge in [0.15, 0.2) is 5.96 Å². The third-order valence-electron chi connectivity index (χ3n) is 4.34. The van der Waals surface area contributed by atoms with Crippen LogP contribution in [0.25, 0.3) is 0 Å². The summed E-state index contributed by atoms with van der Waals surface area (Å²) in [5.41, 5.74) is 0.559. The molecule has 1 fully saturated rings. The van der Waals surface area contributed by atoms with Gasteiger partial charge in [0.1, 0.15) is 5.82 Å². The summed E-state index contributed by atoms with van der Waals surface area (Å²) in [5.74, 6) is 0.418. The molecule has 2 rings (SSSR count). The Bertz CT molecular complexity index is 550. The average Bonchev–Trinajstić information content (AvgIpc) is 3.13. The number of guanidine groups is 1. The zero-order valence-electron chi connectivity index (χ0n) is 15.4. The molecule has 2 N–H and O–H groups in total. The number of likely N-dealkylation sites (tertiary alicyclic amines) is 1. The minimum atomic E-state index is -0.259. The summed E-state index contributed by atoms with van der Waals surface area (Å²) in [6, 6.07) is 4.74. The van der Waals surface area contributed by atoms with Gasteiger partial charge < -0.3 is 15.4 Å². The molecule has 0 saturated carbocycles. The van der Waals surface area contributed by atoms with Crippen LogP contribution in [0, 0.1) is 5.82 Å². The molecule has 5 nitrogen and oxygen atoms in total. The Morgan fingerprint density at radius 2 is 2.08 bits per heavy atom. The maximum atomic E-state index is 14.4. The SMILES string of the molecule is CCOCCNC(=NC)NCC(c1c(F)cccc1Cl)N1CCCC1.I. The molecule has 0 spiro atoms. The molecule has 1 aliphatic rings. The van der Waals surface area contributed by atoms with Gasteiger partial charge in [-0.25, -0.2) is 4.39 Å². The molecule has 1 atom stereocenters. The van der Waals surface area contributed by atoms with E-state index in [1.807, 2.05) is 6.92 Å². The number of hydrogen-bond donors (Lipinski definition) is 2. The predicted octanol–water partition coefficient (Wildman–Crippen LogP) is 3.44. The van der Waals surface area contributed by atoms with Crippen LogP contribution in [0.4, 0.5) is 4.39 Å². The van der Waals surface area contributed by atoms with Gasteiger partial charge in [0.2, 0.25) is 0 Å². The first-order valence-corrected chi connectivity index (χ1v) is 9.25. The van der Waals surface area contributed by atoms with E-state index >= 15 is 0 Å². The van der Waals surface area contributed by atoms with E-state index in [4.69, 9.17) is 16.3 Å². The molecule has 1 saturated heterocycles. The summed E-state index contributed by atoms with van der Waals surface area (Å²) >= 11 is 6.31. The minimum absolute atomic E-state index is 0. The third-order valence-corrected chi connectivity index (χ3v) is 4.67. The second-order valence-corrected chi connectivity index (χ2v) is 6.38. The first kappa shape index (κ1) is 23.4. The van der Waals surface area contributed by atoms with Crippen molar-refractivity contribution < 1.29 is 9.13 Å². The monoisotopic (exact) mass is 498 g/mol. The molecule has 0 bridgehead atoms. The van der Waals surface area contributed by atoms with Crippen LogP contribution >= 0.6 is 35.6 Å². The zero-order chi connectivity index (χ0) is 18.1. The summed E-state index contributed by atoms with van der Waals surface area (Å²) in [5, 5.41) is 6.96. The molecule has 0 radical (unpaired) electrons. The molecule has 0 aliphatic carbocycles. The van der Waals surface area contributed by atoms with E-state index in [-0.39, 0.29) is 35.8 Å². The number of nitrogens with one attached hydrogen (secondary N) is 2. The predicted molar refractivity (Wildman–Crippen MR) is 116 cm³/mol. The average molecular weight is 499 g/mol. The molecule has 1 aliphatic heterocycles. The number of rotatable bonds is 8. The lowest BCUT2D eigenvalue weighted by atomic mass is 10.0. The summed E-state index contributed by atoms with van der Waals surface area (Å²) in [6.07, 6.45) is 2.26. The number of halogens is 3. The van der Waals surface area contributed by atoms with Crippen LogP contribution in [0.1, 0.15) is 31.4 Å². The molecule has 1 unspecified atom stereocenters. The van der Waals surface area contributed by atoms with Crippen molar-refractivity contribution in [2.45, 2.75) is 25.8 Å². The molecule has 1 aromatic carbocycles. The van der Waals surface area contributed by atoms with Gasteiger partial charge in [0.25, 0.3) is 0 Å². The Morgan fingerprint density at radius 1 is 1.35 bits per heavy atom. The Labute approximate surface area is 177 Å². The highest BCUT2D eigenvalue weighted by Crippen LogP contribution is 2.31. The van der Waals surface area contributed by atoms with Gasteiger partial charge in [-0.05, 0) is 45.0 Å². The van der Waals surface area contributed by atoms with Crippen LogP contribution in [-0.4, -0.2) is 57.3 Å². The molecule has 26 heavy (non-hydrogen) atoms. The van der Waals surface area contributed by atoms with E-state index in [0.29, 0.717) is 42.8 Å². The smallest absolute Gasteiger partial charge is 0.191 e. The number of benzene rings is 1. The molecule has 0 aromatic heterocycles. The highest BCUT2D eigenvalue weighted by molar-refractivity contribution is 14.0. The maximum Gasteiger partial charge on any atom is 0.191 e. The van der Waals surface area contributed by atoms with Crippen molar-refractivity contribution in [1.82, 2.24) is 15.5 Å². The van der Waals surface area contributed by atoms with Crippen LogP contribution in [0.2, 0.25) is 5.02 Å². The molecule has 8 heteroatoms. The van der Waals surface area contributed by atoms with Crippen molar-refractivity contribution in [2.75, 3.05) is 46.4 Å². The fraction of sp³-hybridized carbons (Fsp3) is 0.611. The van der Waals surface area contributed by atoms with Crippen LogP contribution in [0.5, 0.6) is 0 Å². The van der Waals surface area contributed by atoms with Crippen LogP contribution in [0.15, 0.2) is 23.2 Å². The number of hydrogen-bond acceptors (Lipinski definition) is 3. The van der Waals surface area contributed by atoms with Gasteiger partial charge in [-0.3, -0.25) is 9.89 Å². The van der Waals surface area contributed by atoms with E-state index in [2.05, 4.69) is 20.5 Å². The molecular weight excluding hydrogens is 470 g/mol. The Morgan fingerprint density at radius 3 is 2.69 bits per heavy atom. The highest BCUT2D eigenvalue weighted by Gasteiger charge is 2.27. The topological polar surface area (TPSA) is 48.9 Å². The zero-order valence-corrected chi connectivity index (χ0v) is 18.5. The minimum Gasteiger partial charge on any atom is -0.380 e. The number of nitrogens with zero attached hydrogens (tertiary/aromatic N) is 2.